The molecule has 1 aromatic rings. The zero-order valence-corrected chi connectivity index (χ0v) is 14.4. The van der Waals surface area contributed by atoms with Crippen LogP contribution >= 0.6 is 22.6 Å². The average Bonchev–Trinajstić information content (AvgIpc) is 2.35. The highest BCUT2D eigenvalue weighted by atomic mass is 127. The first-order valence-electron chi connectivity index (χ1n) is 5.84. The monoisotopic (exact) mass is 412 g/mol. The molecule has 2 N–H and O–H groups in total. The van der Waals surface area contributed by atoms with Crippen LogP contribution in [0.25, 0.3) is 0 Å². The molecule has 0 aromatic heterocycles. The molecule has 0 amide bonds. The largest absolute Gasteiger partial charge is 0.478 e. The Hall–Kier alpha value is -0.710. The van der Waals surface area contributed by atoms with E-state index in [1.54, 1.807) is 0 Å². The summed E-state index contributed by atoms with van der Waals surface area (Å²) in [5, 5.41) is 9.02. The van der Waals surface area contributed by atoms with E-state index in [1.807, 2.05) is 48.5 Å². The standard InChI is InChI=1S/C12H17IN2O4S/c1-8(15(2)3)7-14-20(18,19)9-4-5-11(13)10(6-9)12(16)17/h4-6,8,14H,7H2,1-3H3,(H,16,17). The smallest absolute Gasteiger partial charge is 0.336 e. The zero-order chi connectivity index (χ0) is 15.5. The number of benzene rings is 1. The summed E-state index contributed by atoms with van der Waals surface area (Å²) in [5.41, 5.74) is -0.0193. The van der Waals surface area contributed by atoms with Crippen LogP contribution < -0.4 is 4.72 Å². The Balaban J connectivity index is 2.99. The number of aromatic carboxylic acids is 1. The van der Waals surface area contributed by atoms with E-state index in [1.165, 1.54) is 18.2 Å². The highest BCUT2D eigenvalue weighted by Gasteiger charge is 2.19. The second-order valence-corrected chi connectivity index (χ2v) is 7.54. The molecule has 0 radical (unpaired) electrons. The van der Waals surface area contributed by atoms with Gasteiger partial charge in [0.1, 0.15) is 0 Å². The van der Waals surface area contributed by atoms with Crippen molar-refractivity contribution in [1.29, 1.82) is 0 Å². The van der Waals surface area contributed by atoms with E-state index >= 15 is 0 Å². The van der Waals surface area contributed by atoms with Gasteiger partial charge in [0.15, 0.2) is 0 Å². The number of hydrogen-bond donors (Lipinski definition) is 2. The van der Waals surface area contributed by atoms with Crippen LogP contribution in [-0.2, 0) is 10.0 Å². The van der Waals surface area contributed by atoms with Crippen molar-refractivity contribution in [3.05, 3.63) is 27.3 Å². The predicted molar refractivity (Wildman–Crippen MR) is 84.5 cm³/mol. The normalized spacial score (nSPS) is 13.4. The average molecular weight is 412 g/mol. The molecule has 0 fully saturated rings. The summed E-state index contributed by atoms with van der Waals surface area (Å²) < 4.78 is 27.2. The summed E-state index contributed by atoms with van der Waals surface area (Å²) in [6, 6.07) is 4.09. The maximum Gasteiger partial charge on any atom is 0.336 e. The first-order valence-corrected chi connectivity index (χ1v) is 8.40. The van der Waals surface area contributed by atoms with E-state index in [9.17, 15) is 13.2 Å². The van der Waals surface area contributed by atoms with Crippen molar-refractivity contribution in [2.24, 2.45) is 0 Å². The van der Waals surface area contributed by atoms with Gasteiger partial charge in [-0.05, 0) is 61.8 Å². The number of hydrogen-bond acceptors (Lipinski definition) is 4. The van der Waals surface area contributed by atoms with Crippen molar-refractivity contribution in [3.8, 4) is 0 Å². The molecule has 1 rings (SSSR count). The van der Waals surface area contributed by atoms with Crippen molar-refractivity contribution in [3.63, 3.8) is 0 Å². The third-order valence-corrected chi connectivity index (χ3v) is 5.29. The molecule has 0 saturated carbocycles. The Labute approximate surface area is 132 Å². The summed E-state index contributed by atoms with van der Waals surface area (Å²) in [5.74, 6) is -1.15. The van der Waals surface area contributed by atoms with Gasteiger partial charge in [0, 0.05) is 16.2 Å². The number of nitrogens with one attached hydrogen (secondary N) is 1. The Kier molecular flexibility index (Phi) is 5.92. The number of rotatable bonds is 6. The van der Waals surface area contributed by atoms with E-state index < -0.39 is 16.0 Å². The van der Waals surface area contributed by atoms with Gasteiger partial charge < -0.3 is 10.0 Å². The molecule has 0 heterocycles. The van der Waals surface area contributed by atoms with Crippen molar-refractivity contribution in [1.82, 2.24) is 9.62 Å². The molecule has 8 heteroatoms. The Morgan fingerprint density at radius 2 is 2.05 bits per heavy atom. The van der Waals surface area contributed by atoms with Crippen molar-refractivity contribution < 1.29 is 18.3 Å². The predicted octanol–water partition coefficient (Wildman–Crippen LogP) is 1.22. The van der Waals surface area contributed by atoms with Gasteiger partial charge in [-0.25, -0.2) is 17.9 Å². The fourth-order valence-corrected chi connectivity index (χ4v) is 3.05. The Morgan fingerprint density at radius 3 is 2.55 bits per heavy atom. The summed E-state index contributed by atoms with van der Waals surface area (Å²) in [6.07, 6.45) is 0. The molecule has 1 unspecified atom stereocenters. The van der Waals surface area contributed by atoms with Gasteiger partial charge in [-0.1, -0.05) is 0 Å². The van der Waals surface area contributed by atoms with Crippen molar-refractivity contribution in [2.75, 3.05) is 20.6 Å². The molecule has 1 atom stereocenters. The maximum absolute atomic E-state index is 12.1. The molecule has 0 bridgehead atoms. The van der Waals surface area contributed by atoms with Gasteiger partial charge in [-0.15, -0.1) is 0 Å². The Morgan fingerprint density at radius 1 is 1.45 bits per heavy atom. The van der Waals surface area contributed by atoms with Crippen LogP contribution in [0.15, 0.2) is 23.1 Å². The fraction of sp³-hybridized carbons (Fsp3) is 0.417. The van der Waals surface area contributed by atoms with Gasteiger partial charge >= 0.3 is 5.97 Å². The van der Waals surface area contributed by atoms with Gasteiger partial charge in [-0.3, -0.25) is 0 Å². The minimum absolute atomic E-state index is 0.0193. The number of sulfonamides is 1. The second kappa shape index (κ2) is 6.83. The lowest BCUT2D eigenvalue weighted by molar-refractivity contribution is 0.0695. The van der Waals surface area contributed by atoms with Gasteiger partial charge in [-0.2, -0.15) is 0 Å². The number of carbonyl (C=O) groups is 1. The fourth-order valence-electron chi connectivity index (χ4n) is 1.33. The van der Waals surface area contributed by atoms with Crippen LogP contribution in [-0.4, -0.2) is 51.1 Å². The van der Waals surface area contributed by atoms with Gasteiger partial charge in [0.25, 0.3) is 0 Å². The number of carboxylic acid groups (broad SMARTS) is 1. The Bertz CT molecular complexity index is 601. The molecule has 0 aliphatic rings. The van der Waals surface area contributed by atoms with Crippen LogP contribution in [0.1, 0.15) is 17.3 Å². The van der Waals surface area contributed by atoms with Crippen LogP contribution in [0.3, 0.4) is 0 Å². The van der Waals surface area contributed by atoms with E-state index in [-0.39, 0.29) is 23.0 Å². The molecule has 0 spiro atoms. The number of halogens is 1. The highest BCUT2D eigenvalue weighted by molar-refractivity contribution is 14.1. The minimum Gasteiger partial charge on any atom is -0.478 e. The van der Waals surface area contributed by atoms with Gasteiger partial charge in [0.2, 0.25) is 10.0 Å². The van der Waals surface area contributed by atoms with Crippen LogP contribution in [0, 0.1) is 3.57 Å². The SMILES string of the molecule is CC(CNS(=O)(=O)c1ccc(I)c(C(=O)O)c1)N(C)C. The third kappa shape index (κ3) is 4.40. The molecule has 20 heavy (non-hydrogen) atoms. The molecule has 0 aliphatic heterocycles. The molecule has 0 aliphatic carbocycles. The second-order valence-electron chi connectivity index (χ2n) is 4.61. The van der Waals surface area contributed by atoms with E-state index in [0.29, 0.717) is 3.57 Å². The summed E-state index contributed by atoms with van der Waals surface area (Å²) >= 11 is 1.86. The number of likely N-dealkylation sites (N-methyl/N-ethyl adjacent to an activating group) is 1. The van der Waals surface area contributed by atoms with Crippen LogP contribution in [0.5, 0.6) is 0 Å². The van der Waals surface area contributed by atoms with Crippen LogP contribution in [0.4, 0.5) is 0 Å². The molecular weight excluding hydrogens is 395 g/mol. The van der Waals surface area contributed by atoms with Crippen molar-refractivity contribution >= 4 is 38.6 Å². The lowest BCUT2D eigenvalue weighted by Gasteiger charge is -2.20. The van der Waals surface area contributed by atoms with Gasteiger partial charge in [0.05, 0.1) is 10.5 Å². The molecular formula is C12H17IN2O4S. The lowest BCUT2D eigenvalue weighted by atomic mass is 10.2. The molecule has 1 aromatic carbocycles. The van der Waals surface area contributed by atoms with Crippen molar-refractivity contribution in [2.45, 2.75) is 17.9 Å². The molecule has 6 nitrogen and oxygen atoms in total. The number of carboxylic acids is 1. The summed E-state index contributed by atoms with van der Waals surface area (Å²) in [6.45, 7) is 2.14. The minimum atomic E-state index is -3.70. The zero-order valence-electron chi connectivity index (χ0n) is 11.4. The summed E-state index contributed by atoms with van der Waals surface area (Å²) in [4.78, 5) is 12.9. The first-order chi connectivity index (χ1) is 9.15. The quantitative estimate of drug-likeness (QED) is 0.687. The van der Waals surface area contributed by atoms with E-state index in [4.69, 9.17) is 5.11 Å². The lowest BCUT2D eigenvalue weighted by Crippen LogP contribution is -2.38. The number of nitrogens with zero attached hydrogens (tertiary/aromatic N) is 1. The third-order valence-electron chi connectivity index (χ3n) is 2.93. The topological polar surface area (TPSA) is 86.7 Å². The maximum atomic E-state index is 12.1. The van der Waals surface area contributed by atoms with E-state index in [0.717, 1.165) is 0 Å². The molecule has 0 saturated heterocycles. The summed E-state index contributed by atoms with van der Waals surface area (Å²) in [7, 11) is 0.00212. The van der Waals surface area contributed by atoms with Crippen LogP contribution in [0.2, 0.25) is 0 Å². The first kappa shape index (κ1) is 17.3. The van der Waals surface area contributed by atoms with E-state index in [2.05, 4.69) is 4.72 Å². The molecule has 112 valence electrons. The highest BCUT2D eigenvalue weighted by Crippen LogP contribution is 2.18.